The number of furan rings is 1. The van der Waals surface area contributed by atoms with Crippen molar-refractivity contribution in [2.75, 3.05) is 0 Å². The molecule has 1 amide bonds. The molecule has 5 nitrogen and oxygen atoms in total. The molecule has 0 saturated carbocycles. The van der Waals surface area contributed by atoms with Crippen molar-refractivity contribution >= 4 is 29.1 Å². The number of carbonyl (C=O) groups excluding carboxylic acids is 1. The summed E-state index contributed by atoms with van der Waals surface area (Å²) in [5.74, 6) is 0.680. The molecule has 0 aliphatic carbocycles. The predicted octanol–water partition coefficient (Wildman–Crippen LogP) is 4.17. The quantitative estimate of drug-likeness (QED) is 0.776. The summed E-state index contributed by atoms with van der Waals surface area (Å²) in [7, 11) is 0. The van der Waals surface area contributed by atoms with Gasteiger partial charge < -0.3 is 14.3 Å². The summed E-state index contributed by atoms with van der Waals surface area (Å²) in [6.45, 7) is 0.274. The van der Waals surface area contributed by atoms with E-state index in [0.29, 0.717) is 27.1 Å². The Morgan fingerprint density at radius 3 is 2.82 bits per heavy atom. The Labute approximate surface area is 135 Å². The fraction of sp³-hybridized carbons (Fsp3) is 0.0667. The van der Waals surface area contributed by atoms with Crippen molar-refractivity contribution in [3.8, 4) is 11.3 Å². The van der Waals surface area contributed by atoms with Gasteiger partial charge in [0.05, 0.1) is 17.8 Å². The topological polar surface area (TPSA) is 68.3 Å². The molecule has 1 N–H and O–H groups in total. The Hall–Kier alpha value is -2.24. The van der Waals surface area contributed by atoms with E-state index in [-0.39, 0.29) is 18.1 Å². The summed E-state index contributed by atoms with van der Waals surface area (Å²) < 4.78 is 10.3. The van der Waals surface area contributed by atoms with Crippen LogP contribution in [0.3, 0.4) is 0 Å². The fourth-order valence-corrected chi connectivity index (χ4v) is 2.37. The molecule has 7 heteroatoms. The van der Waals surface area contributed by atoms with Crippen LogP contribution in [-0.2, 0) is 6.54 Å². The highest BCUT2D eigenvalue weighted by Crippen LogP contribution is 2.30. The molecule has 112 valence electrons. The number of halogens is 2. The first-order valence-corrected chi connectivity index (χ1v) is 7.12. The molecule has 22 heavy (non-hydrogen) atoms. The lowest BCUT2D eigenvalue weighted by Gasteiger charge is -1.99. The molecule has 0 radical (unpaired) electrons. The van der Waals surface area contributed by atoms with Gasteiger partial charge in [-0.3, -0.25) is 4.79 Å². The van der Waals surface area contributed by atoms with Crippen LogP contribution in [0.25, 0.3) is 11.3 Å². The molecule has 0 atom stereocenters. The van der Waals surface area contributed by atoms with Crippen molar-refractivity contribution in [3.05, 3.63) is 64.2 Å². The van der Waals surface area contributed by atoms with Gasteiger partial charge in [0.15, 0.2) is 11.5 Å². The molecule has 1 aromatic carbocycles. The summed E-state index contributed by atoms with van der Waals surface area (Å²) in [6, 6.07) is 10.0. The SMILES string of the molecule is O=C(NCc1ccco1)c1cc(-c2ccc(Cl)cc2Cl)on1. The Balaban J connectivity index is 1.74. The monoisotopic (exact) mass is 336 g/mol. The van der Waals surface area contributed by atoms with Crippen LogP contribution in [-0.4, -0.2) is 11.1 Å². The van der Waals surface area contributed by atoms with E-state index in [0.717, 1.165) is 0 Å². The summed E-state index contributed by atoms with van der Waals surface area (Å²) in [5.41, 5.74) is 0.774. The summed E-state index contributed by atoms with van der Waals surface area (Å²) in [4.78, 5) is 12.0. The zero-order chi connectivity index (χ0) is 15.5. The summed E-state index contributed by atoms with van der Waals surface area (Å²) in [5, 5.41) is 7.37. The van der Waals surface area contributed by atoms with Gasteiger partial charge >= 0.3 is 0 Å². The maximum atomic E-state index is 12.0. The molecule has 0 spiro atoms. The number of hydrogen-bond acceptors (Lipinski definition) is 4. The highest BCUT2D eigenvalue weighted by Gasteiger charge is 2.15. The Kier molecular flexibility index (Phi) is 4.18. The average molecular weight is 337 g/mol. The van der Waals surface area contributed by atoms with Gasteiger partial charge in [-0.05, 0) is 30.3 Å². The number of nitrogens with zero attached hydrogens (tertiary/aromatic N) is 1. The lowest BCUT2D eigenvalue weighted by molar-refractivity contribution is 0.0939. The second-order valence-electron chi connectivity index (χ2n) is 4.46. The van der Waals surface area contributed by atoms with Crippen molar-refractivity contribution in [2.45, 2.75) is 6.54 Å². The fourth-order valence-electron chi connectivity index (χ4n) is 1.87. The molecular weight excluding hydrogens is 327 g/mol. The minimum absolute atomic E-state index is 0.160. The lowest BCUT2D eigenvalue weighted by atomic mass is 10.1. The second-order valence-corrected chi connectivity index (χ2v) is 5.31. The van der Waals surface area contributed by atoms with Crippen molar-refractivity contribution in [2.24, 2.45) is 0 Å². The van der Waals surface area contributed by atoms with E-state index in [1.165, 1.54) is 12.3 Å². The molecule has 0 aliphatic rings. The third-order valence-corrected chi connectivity index (χ3v) is 3.49. The predicted molar refractivity (Wildman–Crippen MR) is 81.8 cm³/mol. The molecule has 2 aromatic heterocycles. The summed E-state index contributed by atoms with van der Waals surface area (Å²) >= 11 is 11.9. The average Bonchev–Trinajstić information content (AvgIpc) is 3.16. The maximum Gasteiger partial charge on any atom is 0.273 e. The smallest absolute Gasteiger partial charge is 0.273 e. The second kappa shape index (κ2) is 6.25. The molecule has 3 rings (SSSR count). The van der Waals surface area contributed by atoms with Crippen LogP contribution in [0.5, 0.6) is 0 Å². The first kappa shape index (κ1) is 14.7. The number of hydrogen-bond donors (Lipinski definition) is 1. The van der Waals surface area contributed by atoms with E-state index in [9.17, 15) is 4.79 Å². The standard InChI is InChI=1S/C15H10Cl2N2O3/c16-9-3-4-11(12(17)6-9)14-7-13(19-22-14)15(20)18-8-10-2-1-5-21-10/h1-7H,8H2,(H,18,20). The van der Waals surface area contributed by atoms with Gasteiger partial charge in [-0.15, -0.1) is 0 Å². The van der Waals surface area contributed by atoms with E-state index >= 15 is 0 Å². The number of rotatable bonds is 4. The number of aromatic nitrogens is 1. The van der Waals surface area contributed by atoms with Crippen LogP contribution < -0.4 is 5.32 Å². The van der Waals surface area contributed by atoms with E-state index < -0.39 is 0 Å². The highest BCUT2D eigenvalue weighted by atomic mass is 35.5. The van der Waals surface area contributed by atoms with Gasteiger partial charge in [0.25, 0.3) is 5.91 Å². The number of benzene rings is 1. The number of nitrogens with one attached hydrogen (secondary N) is 1. The van der Waals surface area contributed by atoms with Crippen molar-refractivity contribution in [1.29, 1.82) is 0 Å². The van der Waals surface area contributed by atoms with Crippen LogP contribution in [0.4, 0.5) is 0 Å². The molecule has 3 aromatic rings. The van der Waals surface area contributed by atoms with Gasteiger partial charge in [0.1, 0.15) is 5.76 Å². The largest absolute Gasteiger partial charge is 0.467 e. The number of carbonyl (C=O) groups is 1. The van der Waals surface area contributed by atoms with E-state index in [2.05, 4.69) is 10.5 Å². The molecule has 0 saturated heterocycles. The third kappa shape index (κ3) is 3.16. The van der Waals surface area contributed by atoms with Crippen LogP contribution >= 0.6 is 23.2 Å². The molecule has 0 bridgehead atoms. The summed E-state index contributed by atoms with van der Waals surface area (Å²) in [6.07, 6.45) is 1.54. The molecule has 0 fully saturated rings. The molecular formula is C15H10Cl2N2O3. The van der Waals surface area contributed by atoms with Gasteiger partial charge in [-0.1, -0.05) is 28.4 Å². The van der Waals surface area contributed by atoms with E-state index in [4.69, 9.17) is 32.1 Å². The lowest BCUT2D eigenvalue weighted by Crippen LogP contribution is -2.22. The minimum Gasteiger partial charge on any atom is -0.467 e. The first-order valence-electron chi connectivity index (χ1n) is 6.36. The Bertz CT molecular complexity index is 797. The van der Waals surface area contributed by atoms with Crippen LogP contribution in [0.2, 0.25) is 10.0 Å². The van der Waals surface area contributed by atoms with Crippen molar-refractivity contribution in [1.82, 2.24) is 10.5 Å². The van der Waals surface area contributed by atoms with Crippen molar-refractivity contribution < 1.29 is 13.7 Å². The molecule has 2 heterocycles. The van der Waals surface area contributed by atoms with Crippen LogP contribution in [0, 0.1) is 0 Å². The van der Waals surface area contributed by atoms with E-state index in [1.807, 2.05) is 0 Å². The Morgan fingerprint density at radius 1 is 1.23 bits per heavy atom. The molecule has 0 unspecified atom stereocenters. The number of amides is 1. The van der Waals surface area contributed by atoms with Gasteiger partial charge in [0, 0.05) is 16.7 Å². The zero-order valence-corrected chi connectivity index (χ0v) is 12.7. The highest BCUT2D eigenvalue weighted by molar-refractivity contribution is 6.36. The van der Waals surface area contributed by atoms with Crippen LogP contribution in [0.1, 0.15) is 16.2 Å². The molecule has 0 aliphatic heterocycles. The van der Waals surface area contributed by atoms with E-state index in [1.54, 1.807) is 30.3 Å². The minimum atomic E-state index is -0.364. The maximum absolute atomic E-state index is 12.0. The van der Waals surface area contributed by atoms with Gasteiger partial charge in [0.2, 0.25) is 0 Å². The van der Waals surface area contributed by atoms with Crippen molar-refractivity contribution in [3.63, 3.8) is 0 Å². The zero-order valence-electron chi connectivity index (χ0n) is 11.2. The normalized spacial score (nSPS) is 10.6. The van der Waals surface area contributed by atoms with Crippen LogP contribution in [0.15, 0.2) is 51.6 Å². The Morgan fingerprint density at radius 2 is 2.09 bits per heavy atom. The van der Waals surface area contributed by atoms with Gasteiger partial charge in [-0.2, -0.15) is 0 Å². The third-order valence-electron chi connectivity index (χ3n) is 2.94. The van der Waals surface area contributed by atoms with Gasteiger partial charge in [-0.25, -0.2) is 0 Å². The first-order chi connectivity index (χ1) is 10.6.